The Morgan fingerprint density at radius 3 is 0.837 bits per heavy atom. The highest BCUT2D eigenvalue weighted by molar-refractivity contribution is 7.45. The van der Waals surface area contributed by atoms with Crippen LogP contribution in [0.5, 0.6) is 0 Å². The Kier molecular flexibility index (Phi) is 75.7. The number of rotatable bonds is 74. The van der Waals surface area contributed by atoms with Gasteiger partial charge in [-0.3, -0.25) is 23.7 Å². The molecule has 0 aliphatic heterocycles. The summed E-state index contributed by atoms with van der Waals surface area (Å²) in [6, 6.07) is 0. The number of likely N-dealkylation sites (N-methyl/N-ethyl adjacent to an activating group) is 1. The van der Waals surface area contributed by atoms with Crippen molar-refractivity contribution in [3.63, 3.8) is 0 Å². The number of phosphoric acid groups is 1. The summed E-state index contributed by atoms with van der Waals surface area (Å²) in [5.41, 5.74) is 5.31. The number of nitrogens with zero attached hydrogens (tertiary/aromatic N) is 1. The predicted octanol–water partition coefficient (Wildman–Crippen LogP) is 23.2. The smallest absolute Gasteiger partial charge is 0.306 e. The predicted molar refractivity (Wildman–Crippen MR) is 411 cm³/mol. The molecule has 0 amide bonds. The molecule has 15 heteroatoms. The maximum atomic E-state index is 12.6. The van der Waals surface area contributed by atoms with Gasteiger partial charge < -0.3 is 43.1 Å². The van der Waals surface area contributed by atoms with E-state index in [1.165, 1.54) is 218 Å². The standard InChI is InChI=1S/C42H80NO4.C41H78NO8P/c1-6-8-10-12-14-16-18-20-22-24-26-28-30-32-34-36-41(44)46-39-40(38-43(3,4)5)47-42(45)37-35-33-31-29-27-25-23-21-19-17-15-13-11-9-7-2;1-3-5-7-9-11-13-15-17-19-21-23-25-27-29-31-33-40(43)47-37-39(38-49-51(45,46)48-36-35-42)50-41(44)34-32-30-28-26-24-22-20-18-16-14-12-10-8-6-4-2/h20-23,40H,6-19,24-39H2,1-5H3;17-20,39H,3-16,21-38,42H2,1-2H3,(H,45,46)/q+1;/p-1/b22-20-,23-21-;19-17+,20-18+. The lowest BCUT2D eigenvalue weighted by molar-refractivity contribution is -0.873. The highest BCUT2D eigenvalue weighted by Crippen LogP contribution is 2.38. The molecule has 0 aromatic rings. The Labute approximate surface area is 604 Å². The second-order valence-corrected chi connectivity index (χ2v) is 30.2. The Morgan fingerprint density at radius 1 is 0.337 bits per heavy atom. The molecular weight excluding hydrogens is 1250 g/mol. The zero-order chi connectivity index (χ0) is 72.2. The van der Waals surface area contributed by atoms with E-state index in [-0.39, 0.29) is 51.1 Å². The lowest BCUT2D eigenvalue weighted by atomic mass is 10.1. The van der Waals surface area contributed by atoms with Crippen molar-refractivity contribution in [2.75, 3.05) is 60.7 Å². The van der Waals surface area contributed by atoms with Gasteiger partial charge in [-0.2, -0.15) is 0 Å². The number of nitrogens with two attached hydrogens (primary N) is 1. The van der Waals surface area contributed by atoms with Crippen molar-refractivity contribution >= 4 is 31.7 Å². The molecule has 0 aliphatic rings. The van der Waals surface area contributed by atoms with Gasteiger partial charge in [0.15, 0.2) is 12.2 Å². The lowest BCUT2D eigenvalue weighted by Crippen LogP contribution is -2.45. The van der Waals surface area contributed by atoms with Crippen molar-refractivity contribution in [1.29, 1.82) is 0 Å². The van der Waals surface area contributed by atoms with E-state index in [0.29, 0.717) is 36.7 Å². The molecule has 0 saturated heterocycles. The van der Waals surface area contributed by atoms with Crippen molar-refractivity contribution in [3.05, 3.63) is 48.6 Å². The van der Waals surface area contributed by atoms with E-state index in [4.69, 9.17) is 29.2 Å². The molecule has 0 spiro atoms. The molecule has 0 aliphatic carbocycles. The Bertz CT molecular complexity index is 1920. The molecule has 0 rings (SSSR count). The van der Waals surface area contributed by atoms with E-state index in [9.17, 15) is 28.6 Å². The normalized spacial score (nSPS) is 13.2. The second-order valence-electron chi connectivity index (χ2n) is 28.8. The fourth-order valence-electron chi connectivity index (χ4n) is 11.6. The average molecular weight is 1410 g/mol. The van der Waals surface area contributed by atoms with E-state index < -0.39 is 38.6 Å². The minimum atomic E-state index is -4.62. The molecule has 0 aromatic carbocycles. The number of allylic oxidation sites excluding steroid dienone is 8. The van der Waals surface area contributed by atoms with Crippen molar-refractivity contribution in [2.45, 2.75) is 399 Å². The Balaban J connectivity index is 0. The van der Waals surface area contributed by atoms with E-state index in [0.717, 1.165) is 103 Å². The molecule has 14 nitrogen and oxygen atoms in total. The topological polar surface area (TPSA) is 190 Å². The number of hydrogen-bond acceptors (Lipinski definition) is 13. The number of phosphoric ester groups is 1. The van der Waals surface area contributed by atoms with Crippen LogP contribution in [0, 0.1) is 0 Å². The minimum Gasteiger partial charge on any atom is -0.756 e. The van der Waals surface area contributed by atoms with Crippen LogP contribution in [0.15, 0.2) is 48.6 Å². The molecule has 0 heterocycles. The highest BCUT2D eigenvalue weighted by atomic mass is 31.2. The summed E-state index contributed by atoms with van der Waals surface area (Å²) < 4.78 is 44.3. The van der Waals surface area contributed by atoms with Gasteiger partial charge in [-0.15, -0.1) is 0 Å². The maximum Gasteiger partial charge on any atom is 0.306 e. The summed E-state index contributed by atoms with van der Waals surface area (Å²) in [6.45, 7) is 8.82. The third-order valence-corrected chi connectivity index (χ3v) is 18.5. The molecule has 0 radical (unpaired) electrons. The fourth-order valence-corrected chi connectivity index (χ4v) is 12.3. The van der Waals surface area contributed by atoms with Gasteiger partial charge in [0, 0.05) is 32.2 Å². The monoisotopic (exact) mass is 1410 g/mol. The summed E-state index contributed by atoms with van der Waals surface area (Å²) >= 11 is 0. The third-order valence-electron chi connectivity index (χ3n) is 17.6. The summed E-state index contributed by atoms with van der Waals surface area (Å²) in [5.74, 6) is -1.23. The first kappa shape index (κ1) is 96.9. The number of ether oxygens (including phenoxy) is 4. The van der Waals surface area contributed by atoms with Crippen LogP contribution in [0.4, 0.5) is 0 Å². The fraction of sp³-hybridized carbons (Fsp3) is 0.855. The van der Waals surface area contributed by atoms with Gasteiger partial charge in [-0.1, -0.05) is 282 Å². The Hall–Kier alpha value is -3.13. The van der Waals surface area contributed by atoms with Gasteiger partial charge in [0.25, 0.3) is 7.82 Å². The number of esters is 4. The van der Waals surface area contributed by atoms with Crippen molar-refractivity contribution in [3.8, 4) is 0 Å². The summed E-state index contributed by atoms with van der Waals surface area (Å²) in [5, 5.41) is 0. The number of unbranched alkanes of at least 4 members (excludes halogenated alkanes) is 44. The van der Waals surface area contributed by atoms with Crippen molar-refractivity contribution in [2.24, 2.45) is 5.73 Å². The van der Waals surface area contributed by atoms with Crippen LogP contribution in [0.1, 0.15) is 387 Å². The van der Waals surface area contributed by atoms with Gasteiger partial charge in [0.2, 0.25) is 0 Å². The zero-order valence-electron chi connectivity index (χ0n) is 65.0. The highest BCUT2D eigenvalue weighted by Gasteiger charge is 2.24. The largest absolute Gasteiger partial charge is 0.756 e. The van der Waals surface area contributed by atoms with Crippen LogP contribution in [0.2, 0.25) is 0 Å². The summed E-state index contributed by atoms with van der Waals surface area (Å²) in [6.07, 6.45) is 81.0. The summed E-state index contributed by atoms with van der Waals surface area (Å²) in [7, 11) is 1.58. The zero-order valence-corrected chi connectivity index (χ0v) is 65.9. The molecule has 0 fully saturated rings. The first-order chi connectivity index (χ1) is 47.6. The van der Waals surface area contributed by atoms with Gasteiger partial charge >= 0.3 is 23.9 Å². The quantitative estimate of drug-likeness (QED) is 0.0151. The molecule has 98 heavy (non-hydrogen) atoms. The van der Waals surface area contributed by atoms with Crippen LogP contribution in [0.3, 0.4) is 0 Å². The first-order valence-electron chi connectivity index (χ1n) is 41.0. The number of quaternary nitrogens is 1. The van der Waals surface area contributed by atoms with Crippen LogP contribution in [-0.4, -0.2) is 101 Å². The molecule has 0 bridgehead atoms. The van der Waals surface area contributed by atoms with Crippen molar-refractivity contribution in [1.82, 2.24) is 0 Å². The second kappa shape index (κ2) is 76.5. The SMILES string of the molecule is CCCCCCCC/C=C/CCCCCCCC(=O)OCC(COP(=O)([O-])OCCN)OC(=O)CCCCCCC/C=C/CCCCCCCC.CCCCCCCC/C=C\CCCCCCCC(=O)OCC(C[N+](C)(C)C)OC(=O)CCCCCCC/C=C\CCCCCCCC. The molecule has 576 valence electrons. The third kappa shape index (κ3) is 80.2. The van der Waals surface area contributed by atoms with Crippen LogP contribution < -0.4 is 10.6 Å². The van der Waals surface area contributed by atoms with Gasteiger partial charge in [0.1, 0.15) is 19.8 Å². The van der Waals surface area contributed by atoms with Gasteiger partial charge in [-0.25, -0.2) is 0 Å². The van der Waals surface area contributed by atoms with Crippen molar-refractivity contribution < 1.29 is 61.1 Å². The van der Waals surface area contributed by atoms with Crippen LogP contribution in [0.25, 0.3) is 0 Å². The van der Waals surface area contributed by atoms with E-state index >= 15 is 0 Å². The number of carbonyl (C=O) groups is 4. The maximum absolute atomic E-state index is 12.6. The van der Waals surface area contributed by atoms with E-state index in [1.54, 1.807) is 0 Å². The van der Waals surface area contributed by atoms with Gasteiger partial charge in [-0.05, 0) is 128 Å². The minimum absolute atomic E-state index is 0.0118. The molecular formula is C83H157N2O12P. The summed E-state index contributed by atoms with van der Waals surface area (Å²) in [4.78, 5) is 61.8. The Morgan fingerprint density at radius 2 is 0.571 bits per heavy atom. The van der Waals surface area contributed by atoms with E-state index in [2.05, 4.69) is 102 Å². The molecule has 0 saturated carbocycles. The molecule has 0 aromatic heterocycles. The average Bonchev–Trinajstić information content (AvgIpc) is 1.07. The van der Waals surface area contributed by atoms with Crippen LogP contribution in [-0.2, 0) is 51.7 Å². The van der Waals surface area contributed by atoms with Gasteiger partial charge in [0.05, 0.1) is 34.4 Å². The van der Waals surface area contributed by atoms with E-state index in [1.807, 2.05) is 0 Å². The van der Waals surface area contributed by atoms with Crippen LogP contribution >= 0.6 is 7.82 Å². The molecule has 2 N–H and O–H groups in total. The number of hydrogen-bond donors (Lipinski definition) is 1. The first-order valence-corrected chi connectivity index (χ1v) is 42.5. The molecule has 3 atom stereocenters. The number of carbonyl (C=O) groups excluding carboxylic acids is 4. The molecule has 3 unspecified atom stereocenters. The lowest BCUT2D eigenvalue weighted by Gasteiger charge is -2.28.